The number of furan rings is 1. The molecule has 3 rings (SSSR count). The summed E-state index contributed by atoms with van der Waals surface area (Å²) in [7, 11) is 0. The Morgan fingerprint density at radius 1 is 1.65 bits per heavy atom. The summed E-state index contributed by atoms with van der Waals surface area (Å²) in [6.07, 6.45) is 0.381. The van der Waals surface area contributed by atoms with Crippen LogP contribution < -0.4 is 0 Å². The molecule has 5 nitrogen and oxygen atoms in total. The Labute approximate surface area is 129 Å². The molecule has 2 aliphatic rings. The van der Waals surface area contributed by atoms with Crippen molar-refractivity contribution >= 4 is 33.6 Å². The van der Waals surface area contributed by atoms with Crippen LogP contribution in [-0.4, -0.2) is 36.4 Å². The number of nitriles is 1. The molecule has 0 saturated carbocycles. The van der Waals surface area contributed by atoms with Gasteiger partial charge in [0.1, 0.15) is 23.3 Å². The molecule has 1 aromatic rings. The number of alkyl halides is 1. The Bertz CT molecular complexity index is 597. The fourth-order valence-electron chi connectivity index (χ4n) is 2.75. The molecular formula is C13H13BrN2O3S. The maximum Gasteiger partial charge on any atom is 0.247 e. The highest BCUT2D eigenvalue weighted by molar-refractivity contribution is 9.10. The summed E-state index contributed by atoms with van der Waals surface area (Å²) >= 11 is 4.92. The lowest BCUT2D eigenvalue weighted by Gasteiger charge is -2.50. The zero-order chi connectivity index (χ0) is 14.7. The summed E-state index contributed by atoms with van der Waals surface area (Å²) in [6.45, 7) is 3.87. The Balaban J connectivity index is 1.95. The number of carbonyl (C=O) groups excluding carboxylic acids is 1. The highest BCUT2D eigenvalue weighted by atomic mass is 79.9. The highest BCUT2D eigenvalue weighted by Crippen LogP contribution is 2.61. The third kappa shape index (κ3) is 1.56. The second-order valence-electron chi connectivity index (χ2n) is 5.50. The monoisotopic (exact) mass is 356 g/mol. The van der Waals surface area contributed by atoms with Gasteiger partial charge in [-0.1, -0.05) is 15.9 Å². The third-order valence-corrected chi connectivity index (χ3v) is 7.02. The molecule has 1 amide bonds. The van der Waals surface area contributed by atoms with Crippen LogP contribution in [-0.2, 0) is 4.79 Å². The van der Waals surface area contributed by atoms with Gasteiger partial charge in [0.2, 0.25) is 5.91 Å². The van der Waals surface area contributed by atoms with Gasteiger partial charge in [0, 0.05) is 4.75 Å². The number of nitrogens with zero attached hydrogens (tertiary/aromatic N) is 2. The molecule has 0 aliphatic carbocycles. The molecule has 0 radical (unpaired) electrons. The van der Waals surface area contributed by atoms with Gasteiger partial charge in [-0.05, 0) is 26.0 Å². The molecule has 4 atom stereocenters. The van der Waals surface area contributed by atoms with Crippen LogP contribution in [0.4, 0.5) is 0 Å². The van der Waals surface area contributed by atoms with Crippen molar-refractivity contribution in [2.45, 2.75) is 40.4 Å². The summed E-state index contributed by atoms with van der Waals surface area (Å²) in [5.74, 6) is 0.0738. The highest BCUT2D eigenvalue weighted by Gasteiger charge is 2.72. The van der Waals surface area contributed by atoms with Crippen LogP contribution in [0.25, 0.3) is 0 Å². The number of hydrogen-bond acceptors (Lipinski definition) is 5. The molecule has 3 heterocycles. The topological polar surface area (TPSA) is 77.5 Å². The van der Waals surface area contributed by atoms with Crippen molar-refractivity contribution in [2.75, 3.05) is 0 Å². The van der Waals surface area contributed by atoms with Crippen LogP contribution >= 0.6 is 27.7 Å². The number of thioether (sulfide) groups is 1. The second kappa shape index (κ2) is 4.26. The molecule has 0 bridgehead atoms. The van der Waals surface area contributed by atoms with E-state index >= 15 is 0 Å². The molecule has 20 heavy (non-hydrogen) atoms. The van der Waals surface area contributed by atoms with E-state index in [1.54, 1.807) is 17.0 Å². The first-order valence-electron chi connectivity index (χ1n) is 6.14. The number of rotatable bonds is 2. The Morgan fingerprint density at radius 2 is 2.35 bits per heavy atom. The van der Waals surface area contributed by atoms with Crippen molar-refractivity contribution in [3.63, 3.8) is 0 Å². The van der Waals surface area contributed by atoms with Gasteiger partial charge < -0.3 is 14.4 Å². The van der Waals surface area contributed by atoms with Crippen LogP contribution in [0.15, 0.2) is 22.8 Å². The van der Waals surface area contributed by atoms with Crippen LogP contribution in [0.5, 0.6) is 0 Å². The molecule has 106 valence electrons. The molecule has 1 unspecified atom stereocenters. The first-order valence-corrected chi connectivity index (χ1v) is 7.82. The molecule has 7 heteroatoms. The van der Waals surface area contributed by atoms with E-state index in [4.69, 9.17) is 4.42 Å². The van der Waals surface area contributed by atoms with Gasteiger partial charge in [-0.2, -0.15) is 5.26 Å². The Morgan fingerprint density at radius 3 is 2.90 bits per heavy atom. The van der Waals surface area contributed by atoms with Gasteiger partial charge in [-0.25, -0.2) is 0 Å². The van der Waals surface area contributed by atoms with E-state index in [0.29, 0.717) is 5.76 Å². The number of fused-ring (bicyclic) bond motifs is 1. The molecular weight excluding hydrogens is 344 g/mol. The molecule has 1 N–H and O–H groups in total. The van der Waals surface area contributed by atoms with Crippen LogP contribution in [0, 0.1) is 11.3 Å². The first-order chi connectivity index (χ1) is 9.34. The third-order valence-electron chi connectivity index (χ3n) is 3.86. The van der Waals surface area contributed by atoms with Gasteiger partial charge in [-0.15, -0.1) is 11.8 Å². The predicted molar refractivity (Wildman–Crippen MR) is 77.0 cm³/mol. The van der Waals surface area contributed by atoms with Crippen LogP contribution in [0.1, 0.15) is 25.7 Å². The van der Waals surface area contributed by atoms with Gasteiger partial charge in [0.25, 0.3) is 0 Å². The number of β-lactam (4-membered cyclic amide) rings is 1. The van der Waals surface area contributed by atoms with Crippen molar-refractivity contribution < 1.29 is 14.3 Å². The van der Waals surface area contributed by atoms with E-state index in [0.717, 1.165) is 0 Å². The summed E-state index contributed by atoms with van der Waals surface area (Å²) < 4.78 is 3.70. The van der Waals surface area contributed by atoms with Crippen molar-refractivity contribution in [3.8, 4) is 6.07 Å². The molecule has 1 aromatic heterocycles. The van der Waals surface area contributed by atoms with Gasteiger partial charge in [0.05, 0.1) is 12.3 Å². The second-order valence-corrected chi connectivity index (χ2v) is 8.55. The van der Waals surface area contributed by atoms with Gasteiger partial charge in [0.15, 0.2) is 4.32 Å². The minimum Gasteiger partial charge on any atom is -0.467 e. The van der Waals surface area contributed by atoms with Gasteiger partial charge >= 0.3 is 0 Å². The van der Waals surface area contributed by atoms with Crippen LogP contribution in [0.3, 0.4) is 0 Å². The number of aliphatic hydroxyl groups is 1. The van der Waals surface area contributed by atoms with Crippen molar-refractivity contribution in [3.05, 3.63) is 24.2 Å². The van der Waals surface area contributed by atoms with E-state index in [1.165, 1.54) is 18.0 Å². The molecule has 2 aliphatic heterocycles. The molecule has 0 aromatic carbocycles. The molecule has 2 fully saturated rings. The Kier molecular flexibility index (Phi) is 2.98. The quantitative estimate of drug-likeness (QED) is 0.647. The number of halogens is 1. The van der Waals surface area contributed by atoms with E-state index in [1.807, 2.05) is 13.8 Å². The van der Waals surface area contributed by atoms with Crippen molar-refractivity contribution in [1.29, 1.82) is 5.26 Å². The maximum atomic E-state index is 12.5. The molecule has 2 saturated heterocycles. The summed E-state index contributed by atoms with van der Waals surface area (Å²) in [4.78, 5) is 14.0. The van der Waals surface area contributed by atoms with Crippen molar-refractivity contribution in [2.24, 2.45) is 0 Å². The summed E-state index contributed by atoms with van der Waals surface area (Å²) in [5.41, 5.74) is 0. The van der Waals surface area contributed by atoms with E-state index in [2.05, 4.69) is 22.0 Å². The smallest absolute Gasteiger partial charge is 0.247 e. The zero-order valence-electron chi connectivity index (χ0n) is 10.9. The summed E-state index contributed by atoms with van der Waals surface area (Å²) in [5, 5.41) is 19.4. The lowest BCUT2D eigenvalue weighted by Crippen LogP contribution is -2.71. The van der Waals surface area contributed by atoms with E-state index in [-0.39, 0.29) is 16.0 Å². The fraction of sp³-hybridized carbons (Fsp3) is 0.538. The average molecular weight is 357 g/mol. The normalized spacial score (nSPS) is 36.1. The number of carbonyl (C=O) groups is 1. The number of amides is 1. The van der Waals surface area contributed by atoms with Gasteiger partial charge in [-0.3, -0.25) is 4.79 Å². The molecule has 0 spiro atoms. The van der Waals surface area contributed by atoms with Crippen LogP contribution in [0.2, 0.25) is 0 Å². The first kappa shape index (κ1) is 14.0. The SMILES string of the molecule is CC1(C)S[C@H]2N(C(=O)[C@]2(Br)C(O)c2ccco2)[C@H]1C#N. The lowest BCUT2D eigenvalue weighted by molar-refractivity contribution is -0.154. The minimum absolute atomic E-state index is 0.268. The lowest BCUT2D eigenvalue weighted by atomic mass is 9.87. The Hall–Kier alpha value is -0.970. The minimum atomic E-state index is -1.13. The summed E-state index contributed by atoms with van der Waals surface area (Å²) in [6, 6.07) is 5.00. The zero-order valence-corrected chi connectivity index (χ0v) is 13.3. The predicted octanol–water partition coefficient (Wildman–Crippen LogP) is 2.03. The van der Waals surface area contributed by atoms with E-state index in [9.17, 15) is 15.2 Å². The standard InChI is InChI=1S/C13H13BrN2O3S/c1-12(2)8(6-15)16-10(18)13(14,11(16)20-12)9(17)7-4-3-5-19-7/h3-5,8-9,11,17H,1-2H3/t8-,9?,11+,13+/m0/s1. The number of hydrogen-bond donors (Lipinski definition) is 1. The van der Waals surface area contributed by atoms with E-state index < -0.39 is 16.5 Å². The maximum absolute atomic E-state index is 12.5. The average Bonchev–Trinajstić information content (AvgIpc) is 3.01. The fourth-order valence-corrected chi connectivity index (χ4v) is 5.29. The largest absolute Gasteiger partial charge is 0.467 e. The number of aliphatic hydroxyl groups excluding tert-OH is 1. The van der Waals surface area contributed by atoms with Crippen molar-refractivity contribution in [1.82, 2.24) is 4.90 Å².